The minimum atomic E-state index is -1.58. The zero-order valence-electron chi connectivity index (χ0n) is 8.92. The van der Waals surface area contributed by atoms with E-state index in [1.807, 2.05) is 0 Å². The van der Waals surface area contributed by atoms with Crippen LogP contribution in [0.3, 0.4) is 0 Å². The number of aliphatic hydroxyl groups excluding tert-OH is 5. The summed E-state index contributed by atoms with van der Waals surface area (Å²) in [5.74, 6) is 0. The molecule has 1 heterocycles. The van der Waals surface area contributed by atoms with Gasteiger partial charge in [0.05, 0.1) is 13.2 Å². The normalized spacial score (nSPS) is 39.9. The van der Waals surface area contributed by atoms with Crippen molar-refractivity contribution in [1.29, 1.82) is 0 Å². The Kier molecular flexibility index (Phi) is 5.40. The molecule has 0 aliphatic carbocycles. The largest absolute Gasteiger partial charge is 0.394 e. The Hall–Kier alpha value is -0.610. The average Bonchev–Trinajstić information content (AvgIpc) is 2.35. The fraction of sp³-hybridized carbons (Fsp3) is 0.889. The smallest absolute Gasteiger partial charge is 0.187 e. The first-order chi connectivity index (χ1) is 8.04. The molecule has 1 rings (SSSR count). The third-order valence-corrected chi connectivity index (χ3v) is 2.49. The molecule has 0 spiro atoms. The summed E-state index contributed by atoms with van der Waals surface area (Å²) in [6, 6.07) is 0. The highest BCUT2D eigenvalue weighted by Gasteiger charge is 2.44. The number of carbonyl (C=O) groups excluding carboxylic acids is 1. The van der Waals surface area contributed by atoms with Crippen LogP contribution in [0.4, 0.5) is 0 Å². The first-order valence-corrected chi connectivity index (χ1v) is 5.07. The van der Waals surface area contributed by atoms with E-state index < -0.39 is 50.0 Å². The molecule has 1 fully saturated rings. The summed E-state index contributed by atoms with van der Waals surface area (Å²) in [7, 11) is 0. The lowest BCUT2D eigenvalue weighted by atomic mass is 9.99. The standard InChI is InChI=1S/C9H16O8/c10-1-4(2-11)16-9-8(15)7(14)6(13)5(3-12)17-9/h1,4-9,11-15H,2-3H2/t4?,5-,6-,7+,8-,9-/m1/s1. The molecular weight excluding hydrogens is 236 g/mol. The maximum atomic E-state index is 10.4. The van der Waals surface area contributed by atoms with Crippen LogP contribution in [0.25, 0.3) is 0 Å². The average molecular weight is 252 g/mol. The predicted octanol–water partition coefficient (Wildman–Crippen LogP) is -3.64. The summed E-state index contributed by atoms with van der Waals surface area (Å²) in [5, 5.41) is 46.0. The minimum absolute atomic E-state index is 0.307. The minimum Gasteiger partial charge on any atom is -0.394 e. The zero-order valence-corrected chi connectivity index (χ0v) is 8.92. The van der Waals surface area contributed by atoms with E-state index in [9.17, 15) is 20.1 Å². The van der Waals surface area contributed by atoms with E-state index in [-0.39, 0.29) is 0 Å². The van der Waals surface area contributed by atoms with Crippen molar-refractivity contribution in [2.45, 2.75) is 36.8 Å². The first kappa shape index (κ1) is 14.5. The van der Waals surface area contributed by atoms with E-state index in [1.165, 1.54) is 0 Å². The third kappa shape index (κ3) is 3.19. The summed E-state index contributed by atoms with van der Waals surface area (Å²) in [4.78, 5) is 10.4. The molecule has 5 N–H and O–H groups in total. The maximum Gasteiger partial charge on any atom is 0.187 e. The predicted molar refractivity (Wildman–Crippen MR) is 51.8 cm³/mol. The van der Waals surface area contributed by atoms with Crippen LogP contribution >= 0.6 is 0 Å². The molecule has 1 aliphatic rings. The molecule has 0 aromatic heterocycles. The van der Waals surface area contributed by atoms with E-state index >= 15 is 0 Å². The van der Waals surface area contributed by atoms with Crippen LogP contribution < -0.4 is 0 Å². The fourth-order valence-corrected chi connectivity index (χ4v) is 1.47. The van der Waals surface area contributed by atoms with Gasteiger partial charge in [0, 0.05) is 0 Å². The van der Waals surface area contributed by atoms with Crippen molar-refractivity contribution in [2.24, 2.45) is 0 Å². The van der Waals surface area contributed by atoms with Gasteiger partial charge in [0.25, 0.3) is 0 Å². The van der Waals surface area contributed by atoms with Crippen LogP contribution in [0.1, 0.15) is 0 Å². The van der Waals surface area contributed by atoms with Crippen molar-refractivity contribution < 1.29 is 39.8 Å². The van der Waals surface area contributed by atoms with Gasteiger partial charge in [0.2, 0.25) is 0 Å². The van der Waals surface area contributed by atoms with E-state index in [2.05, 4.69) is 0 Å². The monoisotopic (exact) mass is 252 g/mol. The molecule has 1 aliphatic heterocycles. The molecule has 0 saturated carbocycles. The molecule has 0 aromatic rings. The molecule has 6 atom stereocenters. The van der Waals surface area contributed by atoms with Crippen LogP contribution in [0.5, 0.6) is 0 Å². The summed E-state index contributed by atoms with van der Waals surface area (Å²) in [6.07, 6.45) is -8.06. The SMILES string of the molecule is O=CC(CO)O[C@@H]1O[C@H](CO)[C@@H](O)[C@H](O)[C@H]1O. The van der Waals surface area contributed by atoms with Gasteiger partial charge in [-0.15, -0.1) is 0 Å². The van der Waals surface area contributed by atoms with Crippen molar-refractivity contribution in [3.63, 3.8) is 0 Å². The topological polar surface area (TPSA) is 137 Å². The second kappa shape index (κ2) is 6.36. The van der Waals surface area contributed by atoms with Gasteiger partial charge < -0.3 is 39.8 Å². The highest BCUT2D eigenvalue weighted by molar-refractivity contribution is 5.56. The van der Waals surface area contributed by atoms with Gasteiger partial charge in [0.1, 0.15) is 30.5 Å². The summed E-state index contributed by atoms with van der Waals surface area (Å²) >= 11 is 0. The Labute approximate surface area is 97.0 Å². The van der Waals surface area contributed by atoms with Crippen molar-refractivity contribution >= 4 is 6.29 Å². The Morgan fingerprint density at radius 3 is 2.29 bits per heavy atom. The van der Waals surface area contributed by atoms with Crippen LogP contribution in [0.2, 0.25) is 0 Å². The lowest BCUT2D eigenvalue weighted by Gasteiger charge is -2.40. The molecule has 1 unspecified atom stereocenters. The van der Waals surface area contributed by atoms with Gasteiger partial charge in [-0.2, -0.15) is 0 Å². The lowest BCUT2D eigenvalue weighted by molar-refractivity contribution is -0.309. The van der Waals surface area contributed by atoms with E-state index in [0.29, 0.717) is 6.29 Å². The van der Waals surface area contributed by atoms with Crippen LogP contribution in [-0.4, -0.2) is 81.8 Å². The Morgan fingerprint density at radius 1 is 1.18 bits per heavy atom. The molecule has 0 amide bonds. The quantitative estimate of drug-likeness (QED) is 0.316. The first-order valence-electron chi connectivity index (χ1n) is 5.07. The molecule has 0 bridgehead atoms. The van der Waals surface area contributed by atoms with Gasteiger partial charge in [-0.25, -0.2) is 0 Å². The summed E-state index contributed by atoms with van der Waals surface area (Å²) in [5.41, 5.74) is 0. The Morgan fingerprint density at radius 2 is 1.82 bits per heavy atom. The highest BCUT2D eigenvalue weighted by atomic mass is 16.7. The number of ether oxygens (including phenoxy) is 2. The number of carbonyl (C=O) groups is 1. The van der Waals surface area contributed by atoms with Crippen molar-refractivity contribution in [3.05, 3.63) is 0 Å². The van der Waals surface area contributed by atoms with Gasteiger partial charge in [0.15, 0.2) is 12.6 Å². The van der Waals surface area contributed by atoms with E-state index in [1.54, 1.807) is 0 Å². The van der Waals surface area contributed by atoms with Gasteiger partial charge in [-0.3, -0.25) is 0 Å². The highest BCUT2D eigenvalue weighted by Crippen LogP contribution is 2.22. The lowest BCUT2D eigenvalue weighted by Crippen LogP contribution is -2.59. The molecule has 8 heteroatoms. The van der Waals surface area contributed by atoms with Gasteiger partial charge >= 0.3 is 0 Å². The fourth-order valence-electron chi connectivity index (χ4n) is 1.47. The van der Waals surface area contributed by atoms with Crippen LogP contribution in [0.15, 0.2) is 0 Å². The van der Waals surface area contributed by atoms with Crippen molar-refractivity contribution in [3.8, 4) is 0 Å². The number of hydrogen-bond donors (Lipinski definition) is 5. The summed E-state index contributed by atoms with van der Waals surface area (Å²) < 4.78 is 9.84. The van der Waals surface area contributed by atoms with Crippen LogP contribution in [0, 0.1) is 0 Å². The van der Waals surface area contributed by atoms with Crippen molar-refractivity contribution in [2.75, 3.05) is 13.2 Å². The van der Waals surface area contributed by atoms with Gasteiger partial charge in [-0.1, -0.05) is 0 Å². The second-order valence-corrected chi connectivity index (χ2v) is 3.69. The molecule has 1 saturated heterocycles. The van der Waals surface area contributed by atoms with E-state index in [4.69, 9.17) is 19.7 Å². The molecule has 8 nitrogen and oxygen atoms in total. The molecule has 0 radical (unpaired) electrons. The third-order valence-electron chi connectivity index (χ3n) is 2.49. The van der Waals surface area contributed by atoms with Gasteiger partial charge in [-0.05, 0) is 0 Å². The van der Waals surface area contributed by atoms with Crippen LogP contribution in [-0.2, 0) is 14.3 Å². The number of rotatable bonds is 5. The Bertz CT molecular complexity index is 245. The second-order valence-electron chi connectivity index (χ2n) is 3.69. The zero-order chi connectivity index (χ0) is 13.0. The number of hydrogen-bond acceptors (Lipinski definition) is 8. The maximum absolute atomic E-state index is 10.4. The number of aliphatic hydroxyl groups is 5. The molecule has 0 aromatic carbocycles. The van der Waals surface area contributed by atoms with E-state index in [0.717, 1.165) is 0 Å². The Balaban J connectivity index is 2.68. The molecule has 100 valence electrons. The molecule has 17 heavy (non-hydrogen) atoms. The molecular formula is C9H16O8. The summed E-state index contributed by atoms with van der Waals surface area (Å²) in [6.45, 7) is -1.20. The number of aldehydes is 1. The van der Waals surface area contributed by atoms with Crippen molar-refractivity contribution in [1.82, 2.24) is 0 Å².